The molecule has 4 heterocycles. The van der Waals surface area contributed by atoms with Gasteiger partial charge in [-0.15, -0.1) is 0 Å². The lowest BCUT2D eigenvalue weighted by Crippen LogP contribution is -2.57. The lowest BCUT2D eigenvalue weighted by molar-refractivity contribution is -0.147. The van der Waals surface area contributed by atoms with E-state index in [4.69, 9.17) is 9.47 Å². The summed E-state index contributed by atoms with van der Waals surface area (Å²) in [5, 5.41) is 10.3. The van der Waals surface area contributed by atoms with E-state index in [1.807, 2.05) is 78.9 Å². The second kappa shape index (κ2) is 14.7. The number of ether oxygens (including phenoxy) is 2. The smallest absolute Gasteiger partial charge is 0.408 e. The quantitative estimate of drug-likeness (QED) is 0.133. The first-order valence-corrected chi connectivity index (χ1v) is 18.1. The number of fused-ring (bicyclic) bond motifs is 6. The fraction of sp³-hybridized carbons (Fsp3) is 0.341. The Morgan fingerprint density at radius 3 is 2.28 bits per heavy atom. The molecule has 54 heavy (non-hydrogen) atoms. The number of benzene rings is 3. The Morgan fingerprint density at radius 2 is 1.56 bits per heavy atom. The van der Waals surface area contributed by atoms with Crippen molar-refractivity contribution in [1.29, 1.82) is 0 Å². The van der Waals surface area contributed by atoms with Gasteiger partial charge in [-0.25, -0.2) is 9.59 Å². The highest BCUT2D eigenvalue weighted by atomic mass is 16.6. The molecule has 0 aliphatic carbocycles. The number of methoxy groups -OCH3 is 1. The van der Waals surface area contributed by atoms with Gasteiger partial charge in [0.25, 0.3) is 0 Å². The summed E-state index contributed by atoms with van der Waals surface area (Å²) in [4.78, 5) is 76.9. The zero-order valence-electron chi connectivity index (χ0n) is 30.6. The molecule has 13 nitrogen and oxygen atoms in total. The van der Waals surface area contributed by atoms with Crippen molar-refractivity contribution in [1.82, 2.24) is 30.8 Å². The van der Waals surface area contributed by atoms with E-state index >= 15 is 0 Å². The second-order valence-corrected chi connectivity index (χ2v) is 14.9. The standard InChI is InChI=1S/C41H44N6O7/c1-41(2,3)54-40(52)46-30(19-24-22-42-28-16-10-8-14-25(24)28)36(48)44-31-21-33-35-27(26-15-9-11-17-29(26)43-35)20-34(47(33)38(31)50)37(49)45-32(39(51)53-4)18-23-12-6-5-7-13-23/h5-17,22,30-34,42-43H,18-21H2,1-4H3,(H,44,48)(H,45,49)(H,46,52)/t30-,31+,32-,33-,34+/m0/s1. The number of aromatic amines is 2. The van der Waals surface area contributed by atoms with Crippen molar-refractivity contribution in [2.75, 3.05) is 7.11 Å². The van der Waals surface area contributed by atoms with Gasteiger partial charge in [-0.05, 0) is 49.6 Å². The number of esters is 1. The Bertz CT molecular complexity index is 2220. The summed E-state index contributed by atoms with van der Waals surface area (Å²) in [7, 11) is 1.27. The zero-order valence-corrected chi connectivity index (χ0v) is 30.6. The Hall–Kier alpha value is -6.11. The van der Waals surface area contributed by atoms with Crippen LogP contribution >= 0.6 is 0 Å². The van der Waals surface area contributed by atoms with Crippen LogP contribution in [0.1, 0.15) is 55.6 Å². The first kappa shape index (κ1) is 36.3. The average molecular weight is 733 g/mol. The number of H-pyrrole nitrogens is 2. The molecule has 2 aromatic heterocycles. The first-order chi connectivity index (χ1) is 25.9. The van der Waals surface area contributed by atoms with Gasteiger partial charge >= 0.3 is 12.1 Å². The highest BCUT2D eigenvalue weighted by Crippen LogP contribution is 2.43. The van der Waals surface area contributed by atoms with Crippen LogP contribution in [0.4, 0.5) is 4.79 Å². The normalized spacial score (nSPS) is 19.1. The van der Waals surface area contributed by atoms with Crippen molar-refractivity contribution in [3.05, 3.63) is 107 Å². The van der Waals surface area contributed by atoms with Crippen molar-refractivity contribution in [3.63, 3.8) is 0 Å². The van der Waals surface area contributed by atoms with Gasteiger partial charge < -0.3 is 40.3 Å². The number of aromatic nitrogens is 2. The third-order valence-corrected chi connectivity index (χ3v) is 10.1. The van der Waals surface area contributed by atoms with Gasteiger partial charge in [-0.1, -0.05) is 66.7 Å². The van der Waals surface area contributed by atoms with E-state index in [0.717, 1.165) is 44.2 Å². The van der Waals surface area contributed by atoms with Crippen LogP contribution in [0.2, 0.25) is 0 Å². The number of carbonyl (C=O) groups excluding carboxylic acids is 5. The topological polar surface area (TPSA) is 175 Å². The summed E-state index contributed by atoms with van der Waals surface area (Å²) in [5.41, 5.74) is 4.25. The van der Waals surface area contributed by atoms with E-state index in [2.05, 4.69) is 25.9 Å². The molecule has 280 valence electrons. The van der Waals surface area contributed by atoms with E-state index in [-0.39, 0.29) is 25.7 Å². The van der Waals surface area contributed by atoms with Crippen molar-refractivity contribution in [3.8, 4) is 0 Å². The van der Waals surface area contributed by atoms with E-state index in [1.54, 1.807) is 27.0 Å². The van der Waals surface area contributed by atoms with Crippen molar-refractivity contribution < 1.29 is 33.4 Å². The maximum atomic E-state index is 14.4. The second-order valence-electron chi connectivity index (χ2n) is 14.9. The number of hydrogen-bond donors (Lipinski definition) is 5. The number of alkyl carbamates (subject to hydrolysis) is 1. The molecule has 4 amide bonds. The number of nitrogens with zero attached hydrogens (tertiary/aromatic N) is 1. The molecule has 0 bridgehead atoms. The van der Waals surface area contributed by atoms with Crippen LogP contribution < -0.4 is 16.0 Å². The number of hydrogen-bond acceptors (Lipinski definition) is 7. The van der Waals surface area contributed by atoms with E-state index in [0.29, 0.717) is 0 Å². The van der Waals surface area contributed by atoms with E-state index < -0.39 is 65.6 Å². The van der Waals surface area contributed by atoms with Gasteiger partial charge in [-0.3, -0.25) is 14.4 Å². The van der Waals surface area contributed by atoms with Crippen LogP contribution in [-0.2, 0) is 47.9 Å². The van der Waals surface area contributed by atoms with Crippen LogP contribution in [0.15, 0.2) is 85.1 Å². The molecule has 1 fully saturated rings. The molecule has 5 atom stereocenters. The molecule has 5 N–H and O–H groups in total. The summed E-state index contributed by atoms with van der Waals surface area (Å²) in [5.74, 6) is -2.13. The van der Waals surface area contributed by atoms with Crippen LogP contribution in [0, 0.1) is 0 Å². The third-order valence-electron chi connectivity index (χ3n) is 10.1. The van der Waals surface area contributed by atoms with Crippen molar-refractivity contribution in [2.24, 2.45) is 0 Å². The van der Waals surface area contributed by atoms with Gasteiger partial charge in [0.1, 0.15) is 29.8 Å². The summed E-state index contributed by atoms with van der Waals surface area (Å²) >= 11 is 0. The molecular formula is C41H44N6O7. The van der Waals surface area contributed by atoms with E-state index in [9.17, 15) is 24.0 Å². The summed E-state index contributed by atoms with van der Waals surface area (Å²) in [6, 6.07) is 20.0. The van der Waals surface area contributed by atoms with Gasteiger partial charge in [0.2, 0.25) is 17.7 Å². The molecule has 0 saturated carbocycles. The number of rotatable bonds is 10. The number of amides is 4. The lowest BCUT2D eigenvalue weighted by atomic mass is 9.91. The molecule has 13 heteroatoms. The molecule has 0 spiro atoms. The van der Waals surface area contributed by atoms with Crippen molar-refractivity contribution in [2.45, 2.75) is 82.3 Å². The fourth-order valence-electron chi connectivity index (χ4n) is 7.66. The van der Waals surface area contributed by atoms with Crippen LogP contribution in [0.25, 0.3) is 21.8 Å². The minimum Gasteiger partial charge on any atom is -0.467 e. The average Bonchev–Trinajstić information content (AvgIpc) is 3.83. The Morgan fingerprint density at radius 1 is 0.870 bits per heavy atom. The van der Waals surface area contributed by atoms with E-state index in [1.165, 1.54) is 12.0 Å². The lowest BCUT2D eigenvalue weighted by Gasteiger charge is -2.37. The minimum atomic E-state index is -1.09. The van der Waals surface area contributed by atoms with Crippen LogP contribution in [0.3, 0.4) is 0 Å². The molecule has 5 aromatic rings. The number of para-hydroxylation sites is 2. The summed E-state index contributed by atoms with van der Waals surface area (Å²) in [6.07, 6.45) is 1.71. The number of carbonyl (C=O) groups is 5. The van der Waals surface area contributed by atoms with Crippen molar-refractivity contribution >= 4 is 51.6 Å². The van der Waals surface area contributed by atoms with Gasteiger partial charge in [0, 0.05) is 59.4 Å². The molecule has 3 aromatic carbocycles. The Labute approximate surface area is 312 Å². The van der Waals surface area contributed by atoms with Crippen LogP contribution in [-0.4, -0.2) is 81.5 Å². The largest absolute Gasteiger partial charge is 0.467 e. The minimum absolute atomic E-state index is 0.122. The predicted molar refractivity (Wildman–Crippen MR) is 201 cm³/mol. The monoisotopic (exact) mass is 732 g/mol. The molecule has 7 rings (SSSR count). The first-order valence-electron chi connectivity index (χ1n) is 18.1. The van der Waals surface area contributed by atoms with Gasteiger partial charge in [-0.2, -0.15) is 0 Å². The third kappa shape index (κ3) is 7.39. The Kier molecular flexibility index (Phi) is 9.89. The molecule has 1 saturated heterocycles. The summed E-state index contributed by atoms with van der Waals surface area (Å²) < 4.78 is 10.6. The fourth-order valence-corrected chi connectivity index (χ4v) is 7.66. The highest BCUT2D eigenvalue weighted by Gasteiger charge is 2.51. The zero-order chi connectivity index (χ0) is 38.1. The highest BCUT2D eigenvalue weighted by molar-refractivity contribution is 5.98. The predicted octanol–water partition coefficient (Wildman–Crippen LogP) is 4.37. The summed E-state index contributed by atoms with van der Waals surface area (Å²) in [6.45, 7) is 5.19. The maximum Gasteiger partial charge on any atom is 0.408 e. The number of nitrogens with one attached hydrogen (secondary N) is 5. The van der Waals surface area contributed by atoms with Crippen LogP contribution in [0.5, 0.6) is 0 Å². The molecule has 0 radical (unpaired) electrons. The van der Waals surface area contributed by atoms with Gasteiger partial charge in [0.05, 0.1) is 13.2 Å². The molecule has 2 aliphatic heterocycles. The molecule has 0 unspecified atom stereocenters. The SMILES string of the molecule is COC(=O)[C@H](Cc1ccccc1)NC(=O)[C@H]1Cc2c([nH]c3ccccc23)[C@@H]2C[C@@H](NC(=O)[C@H](Cc3c[nH]c4ccccc34)NC(=O)OC(C)(C)C)C(=O)N12. The maximum absolute atomic E-state index is 14.4. The molecule has 2 aliphatic rings. The Balaban J connectivity index is 1.17. The molecular weight excluding hydrogens is 688 g/mol. The van der Waals surface area contributed by atoms with Gasteiger partial charge in [0.15, 0.2) is 0 Å².